The van der Waals surface area contributed by atoms with E-state index in [9.17, 15) is 19.2 Å². The van der Waals surface area contributed by atoms with E-state index < -0.39 is 36.1 Å². The lowest BCUT2D eigenvalue weighted by molar-refractivity contribution is -0.139. The van der Waals surface area contributed by atoms with Gasteiger partial charge < -0.3 is 29.3 Å². The number of hydrogen-bond donors (Lipinski definition) is 1. The van der Waals surface area contributed by atoms with Crippen LogP contribution in [0.2, 0.25) is 0 Å². The fourth-order valence-corrected chi connectivity index (χ4v) is 6.27. The number of nitrogens with zero attached hydrogens (tertiary/aromatic N) is 3. The van der Waals surface area contributed by atoms with Crippen LogP contribution in [0.3, 0.4) is 0 Å². The highest BCUT2D eigenvalue weighted by Gasteiger charge is 2.40. The Hall–Kier alpha value is -5.68. The average molecular weight is 647 g/mol. The van der Waals surface area contributed by atoms with Crippen molar-refractivity contribution in [3.8, 4) is 11.5 Å². The Morgan fingerprint density at radius 3 is 2.40 bits per heavy atom. The van der Waals surface area contributed by atoms with Gasteiger partial charge in [0.1, 0.15) is 12.6 Å². The van der Waals surface area contributed by atoms with E-state index >= 15 is 0 Å². The van der Waals surface area contributed by atoms with Crippen molar-refractivity contribution in [1.29, 1.82) is 0 Å². The van der Waals surface area contributed by atoms with Crippen molar-refractivity contribution in [2.45, 2.75) is 19.5 Å². The van der Waals surface area contributed by atoms with Crippen LogP contribution in [-0.2, 0) is 25.7 Å². The molecule has 1 saturated heterocycles. The number of carbonyl (C=O) groups excluding carboxylic acids is 4. The van der Waals surface area contributed by atoms with Gasteiger partial charge in [-0.1, -0.05) is 42.5 Å². The van der Waals surface area contributed by atoms with E-state index in [-0.39, 0.29) is 18.9 Å². The molecule has 3 aliphatic heterocycles. The first-order valence-electron chi connectivity index (χ1n) is 15.8. The molecule has 0 aromatic heterocycles. The molecule has 0 saturated carbocycles. The number of amides is 3. The van der Waals surface area contributed by atoms with Gasteiger partial charge in [-0.3, -0.25) is 24.1 Å². The maximum absolute atomic E-state index is 14.5. The third-order valence-corrected chi connectivity index (χ3v) is 8.88. The second-order valence-electron chi connectivity index (χ2n) is 11.8. The zero-order valence-electron chi connectivity index (χ0n) is 26.4. The highest BCUT2D eigenvalue weighted by atomic mass is 16.7. The molecule has 1 fully saturated rings. The summed E-state index contributed by atoms with van der Waals surface area (Å²) in [7, 11) is 0. The number of rotatable bonds is 9. The fourth-order valence-electron chi connectivity index (χ4n) is 6.27. The number of benzene rings is 4. The number of ketones is 1. The molecular formula is C37H34N4O7. The van der Waals surface area contributed by atoms with Gasteiger partial charge in [-0.15, -0.1) is 0 Å². The van der Waals surface area contributed by atoms with Crippen molar-refractivity contribution in [3.63, 3.8) is 0 Å². The Morgan fingerprint density at radius 2 is 1.60 bits per heavy atom. The van der Waals surface area contributed by atoms with Gasteiger partial charge in [-0.25, -0.2) is 0 Å². The number of carbonyl (C=O) groups is 4. The number of nitrogens with one attached hydrogen (secondary N) is 1. The third-order valence-electron chi connectivity index (χ3n) is 8.88. The van der Waals surface area contributed by atoms with Gasteiger partial charge in [0.05, 0.1) is 24.5 Å². The van der Waals surface area contributed by atoms with E-state index in [0.717, 1.165) is 29.9 Å². The minimum Gasteiger partial charge on any atom is -0.454 e. The van der Waals surface area contributed by atoms with Gasteiger partial charge in [-0.05, 0) is 72.1 Å². The predicted octanol–water partition coefficient (Wildman–Crippen LogP) is 4.50. The summed E-state index contributed by atoms with van der Waals surface area (Å²) in [6.07, 6.45) is 0. The molecular weight excluding hydrogens is 612 g/mol. The number of aryl methyl sites for hydroxylation is 1. The van der Waals surface area contributed by atoms with E-state index in [1.807, 2.05) is 55.5 Å². The normalized spacial score (nSPS) is 15.7. The van der Waals surface area contributed by atoms with Crippen LogP contribution >= 0.6 is 0 Å². The first-order valence-corrected chi connectivity index (χ1v) is 15.8. The Labute approximate surface area is 277 Å². The summed E-state index contributed by atoms with van der Waals surface area (Å²) in [5, 5.41) is 3.02. The van der Waals surface area contributed by atoms with Gasteiger partial charge in [0, 0.05) is 31.0 Å². The maximum Gasteiger partial charge on any atom is 0.299 e. The van der Waals surface area contributed by atoms with E-state index in [1.165, 1.54) is 9.80 Å². The maximum atomic E-state index is 14.5. The van der Waals surface area contributed by atoms with Gasteiger partial charge >= 0.3 is 0 Å². The smallest absolute Gasteiger partial charge is 0.299 e. The number of para-hydroxylation sites is 1. The first-order chi connectivity index (χ1) is 23.4. The van der Waals surface area contributed by atoms with Crippen LogP contribution in [0.1, 0.15) is 33.1 Å². The summed E-state index contributed by atoms with van der Waals surface area (Å²) < 4.78 is 16.6. The molecule has 3 amide bonds. The molecule has 48 heavy (non-hydrogen) atoms. The van der Waals surface area contributed by atoms with Crippen LogP contribution in [0.4, 0.5) is 17.1 Å². The monoisotopic (exact) mass is 646 g/mol. The van der Waals surface area contributed by atoms with Crippen molar-refractivity contribution in [1.82, 2.24) is 4.90 Å². The molecule has 11 heteroatoms. The van der Waals surface area contributed by atoms with Crippen LogP contribution in [0.15, 0.2) is 91.0 Å². The SMILES string of the molecule is Cc1ccccc1CN(C(=O)CN1C(=O)C(=O)c2ccccc21)C(C(=O)Nc1ccc(N2CCOCC2)cc1)c1ccc2c(c1)OCO2. The summed E-state index contributed by atoms with van der Waals surface area (Å²) in [6, 6.07) is 25.7. The number of fused-ring (bicyclic) bond motifs is 2. The number of morpholine rings is 1. The molecule has 7 rings (SSSR count). The molecule has 3 heterocycles. The molecule has 4 aromatic carbocycles. The zero-order chi connectivity index (χ0) is 33.2. The van der Waals surface area contributed by atoms with Gasteiger partial charge in [0.2, 0.25) is 12.7 Å². The average Bonchev–Trinajstić information content (AvgIpc) is 3.68. The van der Waals surface area contributed by atoms with Crippen molar-refractivity contribution in [2.75, 3.05) is 54.8 Å². The Balaban J connectivity index is 1.25. The molecule has 244 valence electrons. The minimum atomic E-state index is -1.14. The van der Waals surface area contributed by atoms with Crippen molar-refractivity contribution in [2.24, 2.45) is 0 Å². The number of hydrogen-bond acceptors (Lipinski definition) is 8. The van der Waals surface area contributed by atoms with E-state index in [1.54, 1.807) is 42.5 Å². The van der Waals surface area contributed by atoms with E-state index in [2.05, 4.69) is 10.2 Å². The second-order valence-corrected chi connectivity index (χ2v) is 11.8. The summed E-state index contributed by atoms with van der Waals surface area (Å²) in [5.74, 6) is -1.45. The van der Waals surface area contributed by atoms with Crippen molar-refractivity contribution < 1.29 is 33.4 Å². The lowest BCUT2D eigenvalue weighted by atomic mass is 10.0. The lowest BCUT2D eigenvalue weighted by Gasteiger charge is -2.33. The molecule has 0 aliphatic carbocycles. The summed E-state index contributed by atoms with van der Waals surface area (Å²) in [4.78, 5) is 59.6. The third kappa shape index (κ3) is 6.07. The molecule has 11 nitrogen and oxygen atoms in total. The molecule has 1 atom stereocenters. The van der Waals surface area contributed by atoms with Crippen molar-refractivity contribution >= 4 is 40.6 Å². The van der Waals surface area contributed by atoms with Crippen LogP contribution in [0.25, 0.3) is 0 Å². The number of ether oxygens (including phenoxy) is 3. The second kappa shape index (κ2) is 13.2. The Morgan fingerprint density at radius 1 is 0.875 bits per heavy atom. The van der Waals surface area contributed by atoms with Crippen LogP contribution in [0.5, 0.6) is 11.5 Å². The molecule has 0 bridgehead atoms. The molecule has 1 N–H and O–H groups in total. The first kappa shape index (κ1) is 30.9. The standard InChI is InChI=1S/C37H34N4O7/c1-24-6-2-3-7-26(24)21-41(33(42)22-40-30-9-5-4-8-29(30)35(43)37(40)45)34(25-10-15-31-32(20-25)48-23-47-31)36(44)38-27-11-13-28(14-12-27)39-16-18-46-19-17-39/h2-15,20,34H,16-19,21-23H2,1H3,(H,38,44). The lowest BCUT2D eigenvalue weighted by Crippen LogP contribution is -2.46. The number of anilines is 3. The summed E-state index contributed by atoms with van der Waals surface area (Å²) in [5.41, 5.74) is 4.42. The van der Waals surface area contributed by atoms with E-state index in [4.69, 9.17) is 14.2 Å². The van der Waals surface area contributed by atoms with Gasteiger partial charge in [0.15, 0.2) is 11.5 Å². The minimum absolute atomic E-state index is 0.0432. The van der Waals surface area contributed by atoms with Gasteiger partial charge in [-0.2, -0.15) is 0 Å². The molecule has 0 radical (unpaired) electrons. The Kier molecular flexibility index (Phi) is 8.51. The molecule has 4 aromatic rings. The van der Waals surface area contributed by atoms with Crippen LogP contribution in [-0.4, -0.2) is 68.0 Å². The summed E-state index contributed by atoms with van der Waals surface area (Å²) in [6.45, 7) is 4.48. The molecule has 3 aliphatic rings. The van der Waals surface area contributed by atoms with Crippen LogP contribution < -0.4 is 24.6 Å². The fraction of sp³-hybridized carbons (Fsp3) is 0.243. The predicted molar refractivity (Wildman–Crippen MR) is 178 cm³/mol. The highest BCUT2D eigenvalue weighted by Crippen LogP contribution is 2.37. The molecule has 0 spiro atoms. The van der Waals surface area contributed by atoms with Crippen LogP contribution in [0, 0.1) is 6.92 Å². The largest absolute Gasteiger partial charge is 0.454 e. The highest BCUT2D eigenvalue weighted by molar-refractivity contribution is 6.52. The van der Waals surface area contributed by atoms with Gasteiger partial charge in [0.25, 0.3) is 17.6 Å². The Bertz CT molecular complexity index is 1890. The molecule has 1 unspecified atom stereocenters. The van der Waals surface area contributed by atoms with E-state index in [0.29, 0.717) is 41.7 Å². The van der Waals surface area contributed by atoms with Crippen molar-refractivity contribution in [3.05, 3.63) is 113 Å². The quantitative estimate of drug-likeness (QED) is 0.264. The number of Topliss-reactive ketones (excluding diaryl/α,β-unsaturated/α-hetero) is 1. The zero-order valence-corrected chi connectivity index (χ0v) is 26.4. The summed E-state index contributed by atoms with van der Waals surface area (Å²) >= 11 is 0. The topological polar surface area (TPSA) is 118 Å².